The molecular weight excluding hydrogens is 140 g/mol. The number of azide groups is 1. The van der Waals surface area contributed by atoms with Gasteiger partial charge in [0.25, 0.3) is 0 Å². The van der Waals surface area contributed by atoms with Crippen molar-refractivity contribution in [1.29, 1.82) is 0 Å². The van der Waals surface area contributed by atoms with Gasteiger partial charge in [-0.1, -0.05) is 5.11 Å². The Hall–Kier alpha value is -0.730. The molecule has 2 rings (SSSR count). The Morgan fingerprint density at radius 3 is 3.09 bits per heavy atom. The molecule has 2 aliphatic rings. The number of hydrogen-bond acceptors (Lipinski definition) is 2. The third-order valence-corrected chi connectivity index (χ3v) is 2.92. The first kappa shape index (κ1) is 6.95. The fraction of sp³-hybridized carbons (Fsp3) is 1.00. The summed E-state index contributed by atoms with van der Waals surface area (Å²) in [5, 5.41) is 7.14. The number of rotatable bonds is 1. The van der Waals surface area contributed by atoms with Crippen molar-refractivity contribution in [2.75, 3.05) is 13.1 Å². The molecule has 1 aliphatic heterocycles. The predicted molar refractivity (Wildman–Crippen MR) is 42.0 cm³/mol. The van der Waals surface area contributed by atoms with Gasteiger partial charge in [0, 0.05) is 11.0 Å². The Morgan fingerprint density at radius 1 is 1.36 bits per heavy atom. The number of hydrogen-bond donors (Lipinski definition) is 1. The van der Waals surface area contributed by atoms with Gasteiger partial charge >= 0.3 is 0 Å². The van der Waals surface area contributed by atoms with E-state index in [1.165, 1.54) is 6.42 Å². The first-order valence-corrected chi connectivity index (χ1v) is 4.16. The quantitative estimate of drug-likeness (QED) is 0.343. The lowest BCUT2D eigenvalue weighted by Gasteiger charge is -2.10. The normalized spacial score (nSPS) is 41.6. The number of nitrogens with zero attached hydrogens (tertiary/aromatic N) is 3. The Labute approximate surface area is 65.6 Å². The molecule has 0 aromatic heterocycles. The van der Waals surface area contributed by atoms with Crippen LogP contribution in [-0.4, -0.2) is 19.1 Å². The lowest BCUT2D eigenvalue weighted by Crippen LogP contribution is -2.18. The van der Waals surface area contributed by atoms with Crippen LogP contribution < -0.4 is 5.32 Å². The molecule has 1 heterocycles. The largest absolute Gasteiger partial charge is 0.316 e. The van der Waals surface area contributed by atoms with Gasteiger partial charge in [-0.3, -0.25) is 0 Å². The van der Waals surface area contributed by atoms with Gasteiger partial charge in [-0.05, 0) is 43.3 Å². The second kappa shape index (κ2) is 2.72. The molecule has 2 fully saturated rings. The highest BCUT2D eigenvalue weighted by atomic mass is 15.2. The molecule has 4 nitrogen and oxygen atoms in total. The molecule has 0 spiro atoms. The number of nitrogens with one attached hydrogen (secondary N) is 1. The summed E-state index contributed by atoms with van der Waals surface area (Å²) in [6.45, 7) is 2.18. The van der Waals surface area contributed by atoms with E-state index in [1.54, 1.807) is 0 Å². The zero-order valence-corrected chi connectivity index (χ0v) is 6.40. The SMILES string of the molecule is [N-]=[N+]=N[C@@H]1CC[C@H]2CNC[C@H]21. The second-order valence-corrected chi connectivity index (χ2v) is 3.43. The van der Waals surface area contributed by atoms with Crippen LogP contribution in [0.5, 0.6) is 0 Å². The minimum absolute atomic E-state index is 0.278. The monoisotopic (exact) mass is 152 g/mol. The highest BCUT2D eigenvalue weighted by Crippen LogP contribution is 2.36. The third-order valence-electron chi connectivity index (χ3n) is 2.92. The van der Waals surface area contributed by atoms with E-state index in [1.807, 2.05) is 0 Å². The smallest absolute Gasteiger partial charge is 0.0417 e. The van der Waals surface area contributed by atoms with Crippen LogP contribution >= 0.6 is 0 Å². The van der Waals surface area contributed by atoms with Gasteiger partial charge in [-0.25, -0.2) is 0 Å². The molecule has 0 bridgehead atoms. The molecule has 0 amide bonds. The van der Waals surface area contributed by atoms with E-state index in [9.17, 15) is 0 Å². The van der Waals surface area contributed by atoms with Crippen LogP contribution in [0.15, 0.2) is 5.11 Å². The Bertz CT molecular complexity index is 197. The summed E-state index contributed by atoms with van der Waals surface area (Å²) < 4.78 is 0. The highest BCUT2D eigenvalue weighted by Gasteiger charge is 2.38. The summed E-state index contributed by atoms with van der Waals surface area (Å²) in [5.74, 6) is 1.41. The zero-order valence-electron chi connectivity index (χ0n) is 6.40. The molecule has 1 saturated heterocycles. The molecule has 4 heteroatoms. The van der Waals surface area contributed by atoms with Crippen LogP contribution in [0.3, 0.4) is 0 Å². The highest BCUT2D eigenvalue weighted by molar-refractivity contribution is 4.95. The van der Waals surface area contributed by atoms with Gasteiger partial charge in [-0.15, -0.1) is 0 Å². The fourth-order valence-electron chi connectivity index (χ4n) is 2.33. The molecule has 0 unspecified atom stereocenters. The Morgan fingerprint density at radius 2 is 2.27 bits per heavy atom. The van der Waals surface area contributed by atoms with Gasteiger partial charge < -0.3 is 5.32 Å². The van der Waals surface area contributed by atoms with E-state index >= 15 is 0 Å². The molecule has 1 aliphatic carbocycles. The standard InChI is InChI=1S/C7H12N4/c8-11-10-7-2-1-5-3-9-4-6(5)7/h5-7,9H,1-4H2/t5-,6+,7+/m0/s1. The molecule has 1 saturated carbocycles. The predicted octanol–water partition coefficient (Wildman–Crippen LogP) is 1.29. The third kappa shape index (κ3) is 1.08. The second-order valence-electron chi connectivity index (χ2n) is 3.43. The van der Waals surface area contributed by atoms with E-state index in [4.69, 9.17) is 5.53 Å². The molecule has 1 N–H and O–H groups in total. The fourth-order valence-corrected chi connectivity index (χ4v) is 2.33. The molecule has 11 heavy (non-hydrogen) atoms. The molecule has 0 aromatic rings. The van der Waals surface area contributed by atoms with Crippen LogP contribution in [-0.2, 0) is 0 Å². The van der Waals surface area contributed by atoms with E-state index in [-0.39, 0.29) is 6.04 Å². The van der Waals surface area contributed by atoms with Gasteiger partial charge in [-0.2, -0.15) is 0 Å². The molecule has 0 aromatic carbocycles. The lowest BCUT2D eigenvalue weighted by atomic mass is 9.98. The van der Waals surface area contributed by atoms with Crippen molar-refractivity contribution in [2.45, 2.75) is 18.9 Å². The minimum Gasteiger partial charge on any atom is -0.316 e. The first-order valence-electron chi connectivity index (χ1n) is 4.16. The summed E-state index contributed by atoms with van der Waals surface area (Å²) in [6, 6.07) is 0.278. The lowest BCUT2D eigenvalue weighted by molar-refractivity contribution is 0.452. The van der Waals surface area contributed by atoms with E-state index in [0.29, 0.717) is 5.92 Å². The van der Waals surface area contributed by atoms with Crippen molar-refractivity contribution in [3.63, 3.8) is 0 Å². The van der Waals surface area contributed by atoms with Crippen LogP contribution in [0.25, 0.3) is 10.4 Å². The van der Waals surface area contributed by atoms with Gasteiger partial charge in [0.15, 0.2) is 0 Å². The number of fused-ring (bicyclic) bond motifs is 1. The molecular formula is C7H12N4. The van der Waals surface area contributed by atoms with Gasteiger partial charge in [0.2, 0.25) is 0 Å². The average molecular weight is 152 g/mol. The summed E-state index contributed by atoms with van der Waals surface area (Å²) in [7, 11) is 0. The van der Waals surface area contributed by atoms with Crippen molar-refractivity contribution in [3.05, 3.63) is 10.4 Å². The average Bonchev–Trinajstić information content (AvgIpc) is 2.53. The van der Waals surface area contributed by atoms with Gasteiger partial charge in [0.1, 0.15) is 0 Å². The van der Waals surface area contributed by atoms with E-state index in [0.717, 1.165) is 25.4 Å². The summed E-state index contributed by atoms with van der Waals surface area (Å²) in [5.41, 5.74) is 8.28. The van der Waals surface area contributed by atoms with Crippen molar-refractivity contribution in [1.82, 2.24) is 5.32 Å². The van der Waals surface area contributed by atoms with Crippen molar-refractivity contribution in [3.8, 4) is 0 Å². The van der Waals surface area contributed by atoms with Crippen LogP contribution in [0.4, 0.5) is 0 Å². The van der Waals surface area contributed by atoms with E-state index in [2.05, 4.69) is 15.3 Å². The van der Waals surface area contributed by atoms with E-state index < -0.39 is 0 Å². The maximum Gasteiger partial charge on any atom is 0.0417 e. The van der Waals surface area contributed by atoms with Crippen molar-refractivity contribution >= 4 is 0 Å². The summed E-state index contributed by atoms with van der Waals surface area (Å²) in [6.07, 6.45) is 2.34. The summed E-state index contributed by atoms with van der Waals surface area (Å²) in [4.78, 5) is 2.88. The molecule has 0 radical (unpaired) electrons. The maximum absolute atomic E-state index is 8.28. The molecule has 60 valence electrons. The van der Waals surface area contributed by atoms with Crippen LogP contribution in [0.2, 0.25) is 0 Å². The summed E-state index contributed by atoms with van der Waals surface area (Å²) >= 11 is 0. The van der Waals surface area contributed by atoms with Crippen LogP contribution in [0, 0.1) is 11.8 Å². The maximum atomic E-state index is 8.28. The zero-order chi connectivity index (χ0) is 7.68. The molecule has 3 atom stereocenters. The van der Waals surface area contributed by atoms with Crippen molar-refractivity contribution in [2.24, 2.45) is 17.0 Å². The Balaban J connectivity index is 2.08. The first-order chi connectivity index (χ1) is 5.42. The topological polar surface area (TPSA) is 60.8 Å². The van der Waals surface area contributed by atoms with Crippen LogP contribution in [0.1, 0.15) is 12.8 Å². The minimum atomic E-state index is 0.278. The van der Waals surface area contributed by atoms with Crippen molar-refractivity contribution < 1.29 is 0 Å². The Kier molecular flexibility index (Phi) is 1.72. The van der Waals surface area contributed by atoms with Gasteiger partial charge in [0.05, 0.1) is 0 Å².